The molecule has 0 heterocycles. The molecule has 6 nitrogen and oxygen atoms in total. The summed E-state index contributed by atoms with van der Waals surface area (Å²) in [5.41, 5.74) is 14.6. The normalized spacial score (nSPS) is 10.9. The number of rotatable bonds is 4. The van der Waals surface area contributed by atoms with E-state index in [1.807, 2.05) is 32.0 Å². The lowest BCUT2D eigenvalue weighted by atomic mass is 9.97. The predicted octanol–water partition coefficient (Wildman–Crippen LogP) is 2.46. The van der Waals surface area contributed by atoms with Crippen molar-refractivity contribution in [3.8, 4) is 17.2 Å². The highest BCUT2D eigenvalue weighted by Crippen LogP contribution is 2.26. The molecule has 0 aliphatic rings. The largest absolute Gasteiger partial charge is 0.369 e. The summed E-state index contributed by atoms with van der Waals surface area (Å²) in [6.07, 6.45) is -0.297. The molecule has 4 N–H and O–H groups in total. The van der Waals surface area contributed by atoms with Gasteiger partial charge in [0.15, 0.2) is 0 Å². The quantitative estimate of drug-likeness (QED) is 0.446. The lowest BCUT2D eigenvalue weighted by Gasteiger charge is -2.09. The maximum atomic E-state index is 14.4. The van der Waals surface area contributed by atoms with Gasteiger partial charge in [-0.15, -0.1) is 0 Å². The third-order valence-corrected chi connectivity index (χ3v) is 3.74. The number of carbonyl (C=O) groups is 1. The summed E-state index contributed by atoms with van der Waals surface area (Å²) in [5, 5.41) is 8.38. The molecular formula is C19H20FN5O. The van der Waals surface area contributed by atoms with E-state index < -0.39 is 5.91 Å². The van der Waals surface area contributed by atoms with E-state index in [1.54, 1.807) is 12.1 Å². The van der Waals surface area contributed by atoms with E-state index in [4.69, 9.17) is 11.0 Å². The van der Waals surface area contributed by atoms with Crippen molar-refractivity contribution in [3.63, 3.8) is 0 Å². The van der Waals surface area contributed by atoms with Crippen molar-refractivity contribution < 1.29 is 9.18 Å². The molecule has 0 unspecified atom stereocenters. The molecule has 0 saturated heterocycles. The molecule has 0 bridgehead atoms. The van der Waals surface area contributed by atoms with Crippen LogP contribution in [0, 0.1) is 31.0 Å². The van der Waals surface area contributed by atoms with Crippen LogP contribution in [-0.2, 0) is 11.3 Å². The zero-order chi connectivity index (χ0) is 19.1. The number of aliphatic imine (C=N–C) groups is 1. The van der Waals surface area contributed by atoms with Gasteiger partial charge in [-0.25, -0.2) is 9.38 Å². The van der Waals surface area contributed by atoms with Crippen LogP contribution in [0.25, 0.3) is 11.1 Å². The maximum Gasteiger partial charge on any atom is 0.252 e. The summed E-state index contributed by atoms with van der Waals surface area (Å²) in [7, 11) is 0. The van der Waals surface area contributed by atoms with Crippen molar-refractivity contribution in [1.29, 1.82) is 5.26 Å². The Labute approximate surface area is 151 Å². The first-order valence-corrected chi connectivity index (χ1v) is 7.98. The van der Waals surface area contributed by atoms with E-state index in [2.05, 4.69) is 21.9 Å². The minimum atomic E-state index is -0.533. The molecule has 2 aromatic carbocycles. The number of guanidine groups is 1. The van der Waals surface area contributed by atoms with Gasteiger partial charge >= 0.3 is 0 Å². The van der Waals surface area contributed by atoms with Crippen molar-refractivity contribution in [2.24, 2.45) is 10.7 Å². The van der Waals surface area contributed by atoms with Gasteiger partial charge in [0.2, 0.25) is 5.96 Å². The van der Waals surface area contributed by atoms with Gasteiger partial charge in [-0.3, -0.25) is 15.6 Å². The van der Waals surface area contributed by atoms with Gasteiger partial charge in [-0.05, 0) is 36.6 Å². The van der Waals surface area contributed by atoms with Gasteiger partial charge < -0.3 is 5.73 Å². The Morgan fingerprint density at radius 1 is 1.23 bits per heavy atom. The number of nitrogens with two attached hydrogens (primary N) is 1. The van der Waals surface area contributed by atoms with Crippen LogP contribution >= 0.6 is 0 Å². The number of nitrogens with one attached hydrogen (secondary N) is 2. The average Bonchev–Trinajstić information content (AvgIpc) is 2.59. The molecule has 0 fully saturated rings. The van der Waals surface area contributed by atoms with E-state index in [9.17, 15) is 9.18 Å². The van der Waals surface area contributed by atoms with Gasteiger partial charge in [0.25, 0.3) is 5.91 Å². The van der Waals surface area contributed by atoms with Gasteiger partial charge in [0.1, 0.15) is 12.2 Å². The fourth-order valence-electron chi connectivity index (χ4n) is 2.44. The average molecular weight is 353 g/mol. The SMILES string of the molecule is Cc1ccc(-c2ccc(CN=C(N)NNC(=O)CC#N)c(F)c2)c(C)c1. The first-order chi connectivity index (χ1) is 12.4. The number of amides is 1. The summed E-state index contributed by atoms with van der Waals surface area (Å²) in [5.74, 6) is -0.990. The summed E-state index contributed by atoms with van der Waals surface area (Å²) < 4.78 is 14.4. The Kier molecular flexibility index (Phi) is 6.28. The number of nitrogens with zero attached hydrogens (tertiary/aromatic N) is 2. The number of nitriles is 1. The molecule has 0 saturated carbocycles. The van der Waals surface area contributed by atoms with Crippen LogP contribution in [0.2, 0.25) is 0 Å². The number of hydrogen-bond donors (Lipinski definition) is 3. The van der Waals surface area contributed by atoms with Gasteiger partial charge in [-0.2, -0.15) is 5.26 Å². The molecule has 26 heavy (non-hydrogen) atoms. The molecule has 7 heteroatoms. The lowest BCUT2D eigenvalue weighted by molar-refractivity contribution is -0.120. The number of carbonyl (C=O) groups excluding carboxylic acids is 1. The second kappa shape index (κ2) is 8.62. The second-order valence-electron chi connectivity index (χ2n) is 5.83. The molecule has 0 aliphatic heterocycles. The molecule has 2 rings (SSSR count). The zero-order valence-corrected chi connectivity index (χ0v) is 14.6. The van der Waals surface area contributed by atoms with E-state index in [0.717, 1.165) is 22.3 Å². The van der Waals surface area contributed by atoms with Crippen LogP contribution in [0.3, 0.4) is 0 Å². The Morgan fingerprint density at radius 3 is 2.65 bits per heavy atom. The van der Waals surface area contributed by atoms with Crippen molar-refractivity contribution in [1.82, 2.24) is 10.9 Å². The van der Waals surface area contributed by atoms with Crippen LogP contribution in [0.15, 0.2) is 41.4 Å². The molecule has 0 radical (unpaired) electrons. The van der Waals surface area contributed by atoms with Crippen LogP contribution in [0.4, 0.5) is 4.39 Å². The second-order valence-corrected chi connectivity index (χ2v) is 5.83. The minimum absolute atomic E-state index is 0.0198. The summed E-state index contributed by atoms with van der Waals surface area (Å²) in [6.45, 7) is 4.02. The molecule has 1 amide bonds. The summed E-state index contributed by atoms with van der Waals surface area (Å²) in [6, 6.07) is 12.7. The molecule has 0 spiro atoms. The van der Waals surface area contributed by atoms with Crippen molar-refractivity contribution in [2.45, 2.75) is 26.8 Å². The monoisotopic (exact) mass is 353 g/mol. The van der Waals surface area contributed by atoms with E-state index in [-0.39, 0.29) is 24.7 Å². The van der Waals surface area contributed by atoms with Crippen LogP contribution in [-0.4, -0.2) is 11.9 Å². The van der Waals surface area contributed by atoms with Crippen LogP contribution < -0.4 is 16.6 Å². The first kappa shape index (κ1) is 18.9. The van der Waals surface area contributed by atoms with Gasteiger partial charge in [-0.1, -0.05) is 35.9 Å². The molecule has 0 aromatic heterocycles. The fraction of sp³-hybridized carbons (Fsp3) is 0.211. The number of benzene rings is 2. The Hall–Kier alpha value is -3.40. The van der Waals surface area contributed by atoms with Crippen LogP contribution in [0.1, 0.15) is 23.1 Å². The predicted molar refractivity (Wildman–Crippen MR) is 98.1 cm³/mol. The highest BCUT2D eigenvalue weighted by Gasteiger charge is 2.07. The van der Waals surface area contributed by atoms with Crippen molar-refractivity contribution in [3.05, 3.63) is 58.9 Å². The Morgan fingerprint density at radius 2 is 2.00 bits per heavy atom. The summed E-state index contributed by atoms with van der Waals surface area (Å²) in [4.78, 5) is 15.1. The first-order valence-electron chi connectivity index (χ1n) is 7.98. The molecule has 134 valence electrons. The highest BCUT2D eigenvalue weighted by molar-refractivity contribution is 5.83. The van der Waals surface area contributed by atoms with Gasteiger partial charge in [0, 0.05) is 5.56 Å². The van der Waals surface area contributed by atoms with Gasteiger partial charge in [0.05, 0.1) is 12.6 Å². The standard InChI is InChI=1S/C19H20FN5O/c1-12-3-6-16(13(2)9-12)14-4-5-15(17(20)10-14)11-23-19(22)25-24-18(26)7-8-21/h3-6,9-10H,7,11H2,1-2H3,(H,24,26)(H3,22,23,25). The zero-order valence-electron chi connectivity index (χ0n) is 14.6. The Bertz CT molecular complexity index is 886. The number of hydrogen-bond acceptors (Lipinski definition) is 3. The maximum absolute atomic E-state index is 14.4. The molecule has 2 aromatic rings. The summed E-state index contributed by atoms with van der Waals surface area (Å²) >= 11 is 0. The lowest BCUT2D eigenvalue weighted by Crippen LogP contribution is -2.45. The number of hydrazine groups is 1. The number of aryl methyl sites for hydroxylation is 2. The smallest absolute Gasteiger partial charge is 0.252 e. The molecule has 0 aliphatic carbocycles. The third-order valence-electron chi connectivity index (χ3n) is 3.74. The highest BCUT2D eigenvalue weighted by atomic mass is 19.1. The molecular weight excluding hydrogens is 333 g/mol. The van der Waals surface area contributed by atoms with Crippen LogP contribution in [0.5, 0.6) is 0 Å². The van der Waals surface area contributed by atoms with E-state index in [0.29, 0.717) is 5.56 Å². The molecule has 0 atom stereocenters. The topological polar surface area (TPSA) is 103 Å². The van der Waals surface area contributed by atoms with E-state index >= 15 is 0 Å². The number of halogens is 1. The third kappa shape index (κ3) is 5.05. The Balaban J connectivity index is 2.07. The minimum Gasteiger partial charge on any atom is -0.369 e. The van der Waals surface area contributed by atoms with E-state index in [1.165, 1.54) is 6.07 Å². The van der Waals surface area contributed by atoms with Crippen molar-refractivity contribution in [2.75, 3.05) is 0 Å². The van der Waals surface area contributed by atoms with Crippen molar-refractivity contribution >= 4 is 11.9 Å². The fourth-order valence-corrected chi connectivity index (χ4v) is 2.44.